The van der Waals surface area contributed by atoms with Gasteiger partial charge >= 0.3 is 5.97 Å². The highest BCUT2D eigenvalue weighted by Crippen LogP contribution is 2.54. The number of thiophene rings is 1. The number of carbonyl (C=O) groups is 2. The van der Waals surface area contributed by atoms with Crippen LogP contribution in [0.1, 0.15) is 43.0 Å². The van der Waals surface area contributed by atoms with Gasteiger partial charge in [0, 0.05) is 52.3 Å². The molecule has 1 aromatic heterocycles. The molecule has 1 aliphatic carbocycles. The first kappa shape index (κ1) is 26.6. The molecule has 1 amide bonds. The summed E-state index contributed by atoms with van der Waals surface area (Å²) in [4.78, 5) is 28.6. The molecule has 0 radical (unpaired) electrons. The molecular formula is C28H33BrN2O4S. The van der Waals surface area contributed by atoms with Crippen molar-refractivity contribution in [2.45, 2.75) is 49.7 Å². The van der Waals surface area contributed by atoms with Crippen molar-refractivity contribution in [2.24, 2.45) is 0 Å². The zero-order valence-corrected chi connectivity index (χ0v) is 23.2. The minimum absolute atomic E-state index is 0.0435. The lowest BCUT2D eigenvalue weighted by Crippen LogP contribution is -2.68. The van der Waals surface area contributed by atoms with Crippen molar-refractivity contribution in [3.63, 3.8) is 0 Å². The van der Waals surface area contributed by atoms with Crippen LogP contribution >= 0.6 is 27.3 Å². The number of halogens is 1. The monoisotopic (exact) mass is 572 g/mol. The minimum Gasteiger partial charge on any atom is -0.497 e. The van der Waals surface area contributed by atoms with Crippen LogP contribution in [0.2, 0.25) is 0 Å². The van der Waals surface area contributed by atoms with E-state index in [0.29, 0.717) is 19.4 Å². The van der Waals surface area contributed by atoms with Gasteiger partial charge in [-0.2, -0.15) is 0 Å². The number of hydrogen-bond acceptors (Lipinski definition) is 6. The average molecular weight is 574 g/mol. The molecule has 1 aliphatic heterocycles. The quantitative estimate of drug-likeness (QED) is 0.263. The van der Waals surface area contributed by atoms with Crippen LogP contribution in [0.4, 0.5) is 0 Å². The molecule has 2 aliphatic rings. The maximum atomic E-state index is 12.9. The molecule has 4 rings (SSSR count). The molecule has 1 aromatic carbocycles. The van der Waals surface area contributed by atoms with Gasteiger partial charge in [0.15, 0.2) is 0 Å². The lowest BCUT2D eigenvalue weighted by Gasteiger charge is -2.59. The molecule has 2 heterocycles. The van der Waals surface area contributed by atoms with Gasteiger partial charge in [0.05, 0.1) is 7.11 Å². The fourth-order valence-electron chi connectivity index (χ4n) is 5.89. The van der Waals surface area contributed by atoms with E-state index in [2.05, 4.69) is 44.9 Å². The molecule has 1 saturated carbocycles. The number of benzene rings is 1. The summed E-state index contributed by atoms with van der Waals surface area (Å²) in [5, 5.41) is 5.21. The predicted octanol–water partition coefficient (Wildman–Crippen LogP) is 5.33. The van der Waals surface area contributed by atoms with Crippen LogP contribution in [0.15, 0.2) is 58.9 Å². The first-order chi connectivity index (χ1) is 17.3. The van der Waals surface area contributed by atoms with Gasteiger partial charge in [0.25, 0.3) is 0 Å². The first-order valence-electron chi connectivity index (χ1n) is 12.2. The number of likely N-dealkylation sites (tertiary alicyclic amines) is 1. The number of methoxy groups -OCH3 is 1. The molecule has 8 heteroatoms. The predicted molar refractivity (Wildman–Crippen MR) is 147 cm³/mol. The third-order valence-corrected chi connectivity index (χ3v) is 9.04. The maximum Gasteiger partial charge on any atom is 0.303 e. The number of hydrogen-bond donors (Lipinski definition) is 1. The average Bonchev–Trinajstić information content (AvgIpc) is 3.28. The van der Waals surface area contributed by atoms with Gasteiger partial charge in [-0.15, -0.1) is 17.9 Å². The molecule has 1 saturated heterocycles. The summed E-state index contributed by atoms with van der Waals surface area (Å²) in [5.74, 6) is 0.368. The van der Waals surface area contributed by atoms with Crippen molar-refractivity contribution in [1.82, 2.24) is 10.2 Å². The molecule has 3 atom stereocenters. The summed E-state index contributed by atoms with van der Waals surface area (Å²) >= 11 is 5.02. The Morgan fingerprint density at radius 2 is 2.17 bits per heavy atom. The van der Waals surface area contributed by atoms with E-state index in [9.17, 15) is 9.59 Å². The van der Waals surface area contributed by atoms with Crippen LogP contribution in [-0.4, -0.2) is 55.2 Å². The van der Waals surface area contributed by atoms with Gasteiger partial charge in [0.1, 0.15) is 11.4 Å². The van der Waals surface area contributed by atoms with Crippen LogP contribution in [0, 0.1) is 0 Å². The Hall–Kier alpha value is -2.42. The molecule has 0 unspecified atom stereocenters. The van der Waals surface area contributed by atoms with E-state index in [1.54, 1.807) is 24.5 Å². The summed E-state index contributed by atoms with van der Waals surface area (Å²) in [6, 6.07) is 10.0. The van der Waals surface area contributed by atoms with Gasteiger partial charge in [-0.05, 0) is 78.0 Å². The topological polar surface area (TPSA) is 67.9 Å². The Labute approximate surface area is 225 Å². The molecular weight excluding hydrogens is 540 g/mol. The number of rotatable bonds is 8. The van der Waals surface area contributed by atoms with Gasteiger partial charge in [-0.25, -0.2) is 0 Å². The normalized spacial score (nSPS) is 26.2. The van der Waals surface area contributed by atoms with Crippen molar-refractivity contribution >= 4 is 45.2 Å². The maximum absolute atomic E-state index is 12.9. The van der Waals surface area contributed by atoms with Crippen LogP contribution < -0.4 is 10.1 Å². The lowest BCUT2D eigenvalue weighted by molar-refractivity contribution is -0.186. The SMILES string of the molecule is C=CCN1CC[C@@]2(c3cccc(OC)c3)C[C@H](NC(=O)/C=C/c3cc(Br)cs3)CC[C@]2(OC(C)=O)C1. The van der Waals surface area contributed by atoms with Gasteiger partial charge in [-0.1, -0.05) is 18.2 Å². The second-order valence-corrected chi connectivity index (χ2v) is 11.5. The van der Waals surface area contributed by atoms with Crippen LogP contribution in [0.5, 0.6) is 5.75 Å². The molecule has 2 fully saturated rings. The number of nitrogens with zero attached hydrogens (tertiary/aromatic N) is 1. The largest absolute Gasteiger partial charge is 0.497 e. The van der Waals surface area contributed by atoms with E-state index in [0.717, 1.165) is 46.6 Å². The molecule has 192 valence electrons. The number of amides is 1. The Bertz CT molecular complexity index is 1150. The second kappa shape index (κ2) is 11.3. The Morgan fingerprint density at radius 1 is 1.33 bits per heavy atom. The Morgan fingerprint density at radius 3 is 2.86 bits per heavy atom. The number of esters is 1. The van der Waals surface area contributed by atoms with Gasteiger partial charge < -0.3 is 14.8 Å². The van der Waals surface area contributed by atoms with Crippen molar-refractivity contribution < 1.29 is 19.1 Å². The van der Waals surface area contributed by atoms with Crippen molar-refractivity contribution in [3.05, 3.63) is 69.4 Å². The molecule has 1 N–H and O–H groups in total. The number of fused-ring (bicyclic) bond motifs is 1. The summed E-state index contributed by atoms with van der Waals surface area (Å²) in [7, 11) is 1.66. The Balaban J connectivity index is 1.65. The molecule has 0 bridgehead atoms. The van der Waals surface area contributed by atoms with E-state index < -0.39 is 11.0 Å². The summed E-state index contributed by atoms with van der Waals surface area (Å²) in [6.45, 7) is 7.60. The Kier molecular flexibility index (Phi) is 8.37. The number of nitrogens with one attached hydrogen (secondary N) is 1. The summed E-state index contributed by atoms with van der Waals surface area (Å²) < 4.78 is 12.8. The molecule has 0 spiro atoms. The van der Waals surface area contributed by atoms with Crippen molar-refractivity contribution in [1.29, 1.82) is 0 Å². The van der Waals surface area contributed by atoms with E-state index >= 15 is 0 Å². The van der Waals surface area contributed by atoms with E-state index in [-0.39, 0.29) is 17.9 Å². The third kappa shape index (κ3) is 5.61. The smallest absolute Gasteiger partial charge is 0.303 e. The van der Waals surface area contributed by atoms with Gasteiger partial charge in [0.2, 0.25) is 5.91 Å². The molecule has 6 nitrogen and oxygen atoms in total. The van der Waals surface area contributed by atoms with Crippen molar-refractivity contribution in [3.8, 4) is 5.75 Å². The molecule has 36 heavy (non-hydrogen) atoms. The highest BCUT2D eigenvalue weighted by molar-refractivity contribution is 9.10. The van der Waals surface area contributed by atoms with Crippen molar-refractivity contribution in [2.75, 3.05) is 26.7 Å². The summed E-state index contributed by atoms with van der Waals surface area (Å²) in [5.41, 5.74) is -0.0739. The van der Waals surface area contributed by atoms with E-state index in [1.807, 2.05) is 35.7 Å². The number of ether oxygens (including phenoxy) is 2. The minimum atomic E-state index is -0.702. The highest BCUT2D eigenvalue weighted by atomic mass is 79.9. The van der Waals surface area contributed by atoms with E-state index in [4.69, 9.17) is 9.47 Å². The zero-order chi connectivity index (χ0) is 25.8. The van der Waals surface area contributed by atoms with E-state index in [1.165, 1.54) is 6.92 Å². The standard InChI is InChI=1S/C28H33BrN2O4S/c1-4-13-31-14-12-27(21-6-5-7-24(15-21)34-3)17-23(10-11-28(27,19-31)35-20(2)32)30-26(33)9-8-25-16-22(29)18-36-25/h4-9,15-16,18,23H,1,10-14,17,19H2,2-3H3,(H,30,33)/b9-8+/t23-,27+,28+/m1/s1. The first-order valence-corrected chi connectivity index (χ1v) is 13.9. The number of carbonyl (C=O) groups excluding carboxylic acids is 2. The van der Waals surface area contributed by atoms with Crippen LogP contribution in [0.25, 0.3) is 6.08 Å². The third-order valence-electron chi connectivity index (χ3n) is 7.38. The second-order valence-electron chi connectivity index (χ2n) is 9.62. The fourth-order valence-corrected chi connectivity index (χ4v) is 7.23. The highest BCUT2D eigenvalue weighted by Gasteiger charge is 2.60. The van der Waals surface area contributed by atoms with Crippen LogP contribution in [-0.2, 0) is 19.7 Å². The fraction of sp³-hybridized carbons (Fsp3) is 0.429. The lowest BCUT2D eigenvalue weighted by atomic mass is 9.55. The summed E-state index contributed by atoms with van der Waals surface area (Å²) in [6.07, 6.45) is 8.19. The molecule has 2 aromatic rings. The van der Waals surface area contributed by atoms with Gasteiger partial charge in [-0.3, -0.25) is 14.5 Å². The number of piperidine rings is 1. The zero-order valence-electron chi connectivity index (χ0n) is 20.8. The van der Waals surface area contributed by atoms with Crippen LogP contribution in [0.3, 0.4) is 0 Å².